The summed E-state index contributed by atoms with van der Waals surface area (Å²) in [7, 11) is 0. The van der Waals surface area contributed by atoms with Crippen molar-refractivity contribution < 1.29 is 13.2 Å². The van der Waals surface area contributed by atoms with Crippen molar-refractivity contribution in [3.8, 4) is 0 Å². The van der Waals surface area contributed by atoms with Gasteiger partial charge in [0.25, 0.3) is 0 Å². The van der Waals surface area contributed by atoms with Crippen molar-refractivity contribution in [1.29, 1.82) is 0 Å². The van der Waals surface area contributed by atoms with Crippen LogP contribution in [0.5, 0.6) is 0 Å². The molecule has 2 rings (SSSR count). The first-order valence-electron chi connectivity index (χ1n) is 6.21. The minimum absolute atomic E-state index is 0.0187. The Morgan fingerprint density at radius 1 is 1.59 bits per heavy atom. The molecule has 1 fully saturated rings. The highest BCUT2D eigenvalue weighted by Gasteiger charge is 2.36. The van der Waals surface area contributed by atoms with Crippen molar-refractivity contribution in [2.45, 2.75) is 44.6 Å². The predicted molar refractivity (Wildman–Crippen MR) is 62.0 cm³/mol. The van der Waals surface area contributed by atoms with Gasteiger partial charge in [0.05, 0.1) is 12.3 Å². The van der Waals surface area contributed by atoms with Gasteiger partial charge in [-0.3, -0.25) is 0 Å². The van der Waals surface area contributed by atoms with Crippen LogP contribution in [-0.2, 0) is 0 Å². The molecule has 0 amide bonds. The third-order valence-corrected chi connectivity index (χ3v) is 3.42. The molecule has 1 aliphatic carbocycles. The molecule has 17 heavy (non-hydrogen) atoms. The monoisotopic (exact) mass is 243 g/mol. The number of nitrogens with one attached hydrogen (secondary N) is 1. The largest absolute Gasteiger partial charge is 0.468 e. The van der Waals surface area contributed by atoms with Crippen LogP contribution < -0.4 is 5.32 Å². The summed E-state index contributed by atoms with van der Waals surface area (Å²) in [6.07, 6.45) is 3.23. The van der Waals surface area contributed by atoms with E-state index in [-0.39, 0.29) is 24.8 Å². The van der Waals surface area contributed by atoms with E-state index in [0.29, 0.717) is 13.0 Å². The third kappa shape index (κ3) is 3.53. The number of alkyl halides is 2. The first kappa shape index (κ1) is 12.6. The molecule has 1 aromatic heterocycles. The molecule has 0 radical (unpaired) electrons. The molecule has 0 bridgehead atoms. The molecule has 0 spiro atoms. The SMILES string of the molecule is CC(NCC1CCCC(F)(F)C1)c1ccco1. The summed E-state index contributed by atoms with van der Waals surface area (Å²) in [5, 5.41) is 3.27. The fraction of sp³-hybridized carbons (Fsp3) is 0.692. The Hall–Kier alpha value is -0.900. The van der Waals surface area contributed by atoms with Gasteiger partial charge in [-0.2, -0.15) is 0 Å². The van der Waals surface area contributed by atoms with Crippen LogP contribution >= 0.6 is 0 Å². The van der Waals surface area contributed by atoms with Crippen molar-refractivity contribution in [2.24, 2.45) is 5.92 Å². The molecule has 1 aromatic rings. The summed E-state index contributed by atoms with van der Waals surface area (Å²) < 4.78 is 31.7. The van der Waals surface area contributed by atoms with Crippen LogP contribution in [0, 0.1) is 5.92 Å². The van der Waals surface area contributed by atoms with E-state index in [1.54, 1.807) is 6.26 Å². The van der Waals surface area contributed by atoms with Crippen molar-refractivity contribution >= 4 is 0 Å². The van der Waals surface area contributed by atoms with Crippen molar-refractivity contribution in [3.63, 3.8) is 0 Å². The molecular formula is C13H19F2NO. The fourth-order valence-electron chi connectivity index (χ4n) is 2.43. The lowest BCUT2D eigenvalue weighted by Crippen LogP contribution is -2.33. The molecule has 2 nitrogen and oxygen atoms in total. The van der Waals surface area contributed by atoms with Crippen molar-refractivity contribution in [2.75, 3.05) is 6.54 Å². The lowest BCUT2D eigenvalue weighted by molar-refractivity contribution is -0.0523. The van der Waals surface area contributed by atoms with Crippen LogP contribution in [0.2, 0.25) is 0 Å². The molecule has 1 aliphatic rings. The molecule has 1 N–H and O–H groups in total. The van der Waals surface area contributed by atoms with Gasteiger partial charge in [0, 0.05) is 12.8 Å². The summed E-state index contributed by atoms with van der Waals surface area (Å²) in [5.74, 6) is -1.53. The average molecular weight is 243 g/mol. The van der Waals surface area contributed by atoms with Crippen molar-refractivity contribution in [1.82, 2.24) is 5.32 Å². The van der Waals surface area contributed by atoms with E-state index in [4.69, 9.17) is 4.42 Å². The molecule has 1 saturated carbocycles. The zero-order chi connectivity index (χ0) is 12.3. The second-order valence-corrected chi connectivity index (χ2v) is 4.96. The molecule has 1 heterocycles. The first-order valence-corrected chi connectivity index (χ1v) is 6.21. The van der Waals surface area contributed by atoms with Crippen LogP contribution in [-0.4, -0.2) is 12.5 Å². The van der Waals surface area contributed by atoms with Gasteiger partial charge in [0.2, 0.25) is 5.92 Å². The van der Waals surface area contributed by atoms with Gasteiger partial charge in [-0.15, -0.1) is 0 Å². The maximum atomic E-state index is 13.2. The topological polar surface area (TPSA) is 25.2 Å². The van der Waals surface area contributed by atoms with Gasteiger partial charge in [-0.05, 0) is 44.4 Å². The van der Waals surface area contributed by atoms with Gasteiger partial charge < -0.3 is 9.73 Å². The summed E-state index contributed by atoms with van der Waals surface area (Å²) >= 11 is 0. The third-order valence-electron chi connectivity index (χ3n) is 3.42. The van der Waals surface area contributed by atoms with Gasteiger partial charge in [0.1, 0.15) is 5.76 Å². The average Bonchev–Trinajstić information content (AvgIpc) is 2.78. The molecule has 2 unspecified atom stereocenters. The Labute approximate surface area is 100 Å². The lowest BCUT2D eigenvalue weighted by atomic mass is 9.86. The smallest absolute Gasteiger partial charge is 0.248 e. The van der Waals surface area contributed by atoms with Gasteiger partial charge in [-0.25, -0.2) is 8.78 Å². The molecule has 0 aromatic carbocycles. The van der Waals surface area contributed by atoms with Gasteiger partial charge >= 0.3 is 0 Å². The minimum Gasteiger partial charge on any atom is -0.468 e. The van der Waals surface area contributed by atoms with E-state index in [2.05, 4.69) is 5.32 Å². The number of rotatable bonds is 4. The number of furan rings is 1. The number of halogens is 2. The van der Waals surface area contributed by atoms with Crippen LogP contribution in [0.25, 0.3) is 0 Å². The predicted octanol–water partition coefficient (Wildman–Crippen LogP) is 3.76. The second kappa shape index (κ2) is 5.17. The minimum atomic E-state index is -2.46. The van der Waals surface area contributed by atoms with Crippen LogP contribution in [0.1, 0.15) is 44.4 Å². The molecule has 4 heteroatoms. The van der Waals surface area contributed by atoms with Gasteiger partial charge in [-0.1, -0.05) is 0 Å². The van der Waals surface area contributed by atoms with Crippen LogP contribution in [0.4, 0.5) is 8.78 Å². The van der Waals surface area contributed by atoms with Crippen LogP contribution in [0.15, 0.2) is 22.8 Å². The molecule has 96 valence electrons. The van der Waals surface area contributed by atoms with E-state index in [1.807, 2.05) is 19.1 Å². The summed E-state index contributed by atoms with van der Waals surface area (Å²) in [6, 6.07) is 3.82. The number of hydrogen-bond donors (Lipinski definition) is 1. The quantitative estimate of drug-likeness (QED) is 0.871. The second-order valence-electron chi connectivity index (χ2n) is 4.96. The molecular weight excluding hydrogens is 224 g/mol. The Balaban J connectivity index is 1.78. The number of hydrogen-bond acceptors (Lipinski definition) is 2. The zero-order valence-electron chi connectivity index (χ0n) is 10.1. The van der Waals surface area contributed by atoms with E-state index >= 15 is 0 Å². The van der Waals surface area contributed by atoms with E-state index in [0.717, 1.165) is 12.2 Å². The van der Waals surface area contributed by atoms with E-state index in [9.17, 15) is 8.78 Å². The maximum Gasteiger partial charge on any atom is 0.248 e. The first-order chi connectivity index (χ1) is 8.07. The zero-order valence-corrected chi connectivity index (χ0v) is 10.1. The Morgan fingerprint density at radius 3 is 3.06 bits per heavy atom. The van der Waals surface area contributed by atoms with E-state index < -0.39 is 5.92 Å². The van der Waals surface area contributed by atoms with Crippen molar-refractivity contribution in [3.05, 3.63) is 24.2 Å². The molecule has 0 aliphatic heterocycles. The highest BCUT2D eigenvalue weighted by atomic mass is 19.3. The normalized spacial score (nSPS) is 25.7. The molecule has 0 saturated heterocycles. The summed E-state index contributed by atoms with van der Waals surface area (Å²) in [4.78, 5) is 0. The van der Waals surface area contributed by atoms with E-state index in [1.165, 1.54) is 0 Å². The Bertz CT molecular complexity index is 337. The summed E-state index contributed by atoms with van der Waals surface area (Å²) in [6.45, 7) is 2.62. The highest BCUT2D eigenvalue weighted by molar-refractivity contribution is 5.02. The Morgan fingerprint density at radius 2 is 2.41 bits per heavy atom. The summed E-state index contributed by atoms with van der Waals surface area (Å²) in [5.41, 5.74) is 0. The fourth-order valence-corrected chi connectivity index (χ4v) is 2.43. The Kier molecular flexibility index (Phi) is 3.82. The molecule has 2 atom stereocenters. The maximum absolute atomic E-state index is 13.2. The van der Waals surface area contributed by atoms with Crippen LogP contribution in [0.3, 0.4) is 0 Å². The highest BCUT2D eigenvalue weighted by Crippen LogP contribution is 2.36. The standard InChI is InChI=1S/C13H19F2NO/c1-10(12-5-3-7-17-12)16-9-11-4-2-6-13(14,15)8-11/h3,5,7,10-11,16H,2,4,6,8-9H2,1H3. The lowest BCUT2D eigenvalue weighted by Gasteiger charge is -2.29. The van der Waals surface area contributed by atoms with Gasteiger partial charge in [0.15, 0.2) is 0 Å².